The van der Waals surface area contributed by atoms with Crippen LogP contribution in [-0.4, -0.2) is 54.8 Å². The van der Waals surface area contributed by atoms with Crippen LogP contribution in [0.5, 0.6) is 0 Å². The van der Waals surface area contributed by atoms with Gasteiger partial charge in [0.1, 0.15) is 6.17 Å². The van der Waals surface area contributed by atoms with Crippen LogP contribution >= 0.6 is 11.8 Å². The van der Waals surface area contributed by atoms with E-state index < -0.39 is 24.7 Å². The summed E-state index contributed by atoms with van der Waals surface area (Å²) in [4.78, 5) is 2.17. The molecule has 0 radical (unpaired) electrons. The second-order valence-corrected chi connectivity index (χ2v) is 14.3. The summed E-state index contributed by atoms with van der Waals surface area (Å²) < 4.78 is 78.0. The monoisotopic (exact) mass is 591 g/mol. The molecular weight excluding hydrogens is 544 g/mol. The van der Waals surface area contributed by atoms with E-state index in [4.69, 9.17) is 0 Å². The molecule has 4 rings (SSSR count). The summed E-state index contributed by atoms with van der Waals surface area (Å²) in [6.07, 6.45) is 2.82. The topological polar surface area (TPSA) is 3.24 Å². The van der Waals surface area contributed by atoms with E-state index >= 15 is 4.39 Å². The fourth-order valence-electron chi connectivity index (χ4n) is 8.16. The third-order valence-electron chi connectivity index (χ3n) is 10.2. The number of hydrogen-bond acceptors (Lipinski definition) is 2. The van der Waals surface area contributed by atoms with Crippen LogP contribution < -0.4 is 0 Å². The quantitative estimate of drug-likeness (QED) is 0.157. The number of alkyl halides is 6. The molecule has 1 aromatic rings. The number of fused-ring (bicyclic) bond motifs is 5. The Morgan fingerprint density at radius 2 is 1.73 bits per heavy atom. The van der Waals surface area contributed by atoms with Gasteiger partial charge < -0.3 is 4.90 Å². The summed E-state index contributed by atoms with van der Waals surface area (Å²) in [6, 6.07) is 8.89. The lowest BCUT2D eigenvalue weighted by Crippen LogP contribution is -2.44. The maximum atomic E-state index is 15.4. The van der Waals surface area contributed by atoms with Crippen LogP contribution in [0.3, 0.4) is 0 Å². The Hall–Kier alpha value is -0.890. The zero-order valence-electron chi connectivity index (χ0n) is 24.1. The lowest BCUT2D eigenvalue weighted by Gasteiger charge is -2.52. The van der Waals surface area contributed by atoms with E-state index in [0.717, 1.165) is 44.0 Å². The third kappa shape index (κ3) is 7.73. The minimum Gasteiger partial charge on any atom is -0.306 e. The number of hydrogen-bond donors (Lipinski definition) is 0. The minimum absolute atomic E-state index is 0.154. The van der Waals surface area contributed by atoms with Crippen molar-refractivity contribution in [3.63, 3.8) is 0 Å². The van der Waals surface area contributed by atoms with E-state index in [-0.39, 0.29) is 6.42 Å². The maximum absolute atomic E-state index is 15.4. The fraction of sp³-hybridized carbons (Fsp3) is 0.812. The van der Waals surface area contributed by atoms with Crippen molar-refractivity contribution in [3.05, 3.63) is 35.4 Å². The predicted molar refractivity (Wildman–Crippen MR) is 153 cm³/mol. The summed E-state index contributed by atoms with van der Waals surface area (Å²) in [5.74, 6) is -1.24. The zero-order valence-corrected chi connectivity index (χ0v) is 24.9. The molecule has 0 saturated heterocycles. The van der Waals surface area contributed by atoms with Gasteiger partial charge in [-0.3, -0.25) is 0 Å². The number of benzene rings is 1. The van der Waals surface area contributed by atoms with Crippen molar-refractivity contribution in [2.75, 3.05) is 31.6 Å². The molecule has 2 fully saturated rings. The summed E-state index contributed by atoms with van der Waals surface area (Å²) in [6.45, 7) is 4.11. The third-order valence-corrected chi connectivity index (χ3v) is 11.4. The van der Waals surface area contributed by atoms with Gasteiger partial charge in [-0.05, 0) is 136 Å². The van der Waals surface area contributed by atoms with Gasteiger partial charge in [0.15, 0.2) is 0 Å². The van der Waals surface area contributed by atoms with Crippen molar-refractivity contribution in [2.24, 2.45) is 23.2 Å². The molecule has 0 heterocycles. The molecule has 0 N–H and O–H groups in total. The van der Waals surface area contributed by atoms with Crippen LogP contribution in [0.4, 0.5) is 26.3 Å². The van der Waals surface area contributed by atoms with Gasteiger partial charge in [-0.2, -0.15) is 33.7 Å². The van der Waals surface area contributed by atoms with Crippen molar-refractivity contribution < 1.29 is 26.3 Å². The molecule has 0 bridgehead atoms. The second-order valence-electron chi connectivity index (χ2n) is 13.1. The Labute approximate surface area is 241 Å². The van der Waals surface area contributed by atoms with Crippen molar-refractivity contribution in [1.29, 1.82) is 0 Å². The van der Waals surface area contributed by atoms with Crippen molar-refractivity contribution in [2.45, 2.75) is 108 Å². The first-order chi connectivity index (χ1) is 18.9. The Balaban J connectivity index is 1.16. The highest BCUT2D eigenvalue weighted by Crippen LogP contribution is 2.62. The van der Waals surface area contributed by atoms with Crippen LogP contribution in [0.1, 0.15) is 94.6 Å². The van der Waals surface area contributed by atoms with Crippen molar-refractivity contribution in [1.82, 2.24) is 4.90 Å². The standard InChI is InChI=1S/C32H47F6NS/c1-30-14-5-12-28(30)29-24(21-23-9-3-4-11-26(23)27(29)13-16-30)22-25(33)10-6-17-39(2)18-8-20-40-19-7-15-31(34,35)32(36,37)38/h3-4,9,11,24-25,27-29H,5-8,10,12-22H2,1-2H3/t24?,25?,27-,28+,29-,30+/m1/s1. The van der Waals surface area contributed by atoms with Crippen LogP contribution in [0.2, 0.25) is 0 Å². The Kier molecular flexibility index (Phi) is 10.9. The summed E-state index contributed by atoms with van der Waals surface area (Å²) in [5, 5.41) is 0. The summed E-state index contributed by atoms with van der Waals surface area (Å²) in [5.41, 5.74) is 3.41. The zero-order chi connectivity index (χ0) is 29.0. The number of halogens is 6. The number of thioether (sulfide) groups is 1. The normalized spacial score (nSPS) is 29.2. The highest BCUT2D eigenvalue weighted by atomic mass is 32.2. The van der Waals surface area contributed by atoms with Gasteiger partial charge in [0.2, 0.25) is 0 Å². The molecule has 0 aliphatic heterocycles. The van der Waals surface area contributed by atoms with E-state index in [2.05, 4.69) is 36.1 Å². The van der Waals surface area contributed by atoms with Gasteiger partial charge in [0, 0.05) is 6.42 Å². The van der Waals surface area contributed by atoms with Crippen molar-refractivity contribution >= 4 is 11.8 Å². The van der Waals surface area contributed by atoms with Gasteiger partial charge in [0.25, 0.3) is 0 Å². The Bertz CT molecular complexity index is 938. The lowest BCUT2D eigenvalue weighted by molar-refractivity contribution is -0.284. The molecule has 3 aliphatic carbocycles. The van der Waals surface area contributed by atoms with Gasteiger partial charge in [-0.15, -0.1) is 0 Å². The Morgan fingerprint density at radius 1 is 1.00 bits per heavy atom. The van der Waals surface area contributed by atoms with Gasteiger partial charge in [-0.1, -0.05) is 37.6 Å². The SMILES string of the molecule is CN(CCCSCCCC(F)(F)C(F)(F)F)CCCC(F)CC1Cc2ccccc2[C@H]2CC[C@]3(C)CCC[C@H]3[C@H]12. The fourth-order valence-corrected chi connectivity index (χ4v) is 9.05. The molecule has 0 amide bonds. The van der Waals surface area contributed by atoms with Crippen LogP contribution in [-0.2, 0) is 6.42 Å². The first-order valence-electron chi connectivity index (χ1n) is 15.3. The van der Waals surface area contributed by atoms with Crippen LogP contribution in [0.15, 0.2) is 24.3 Å². The minimum atomic E-state index is -5.46. The largest absolute Gasteiger partial charge is 0.453 e. The van der Waals surface area contributed by atoms with Crippen LogP contribution in [0.25, 0.3) is 0 Å². The molecule has 3 aliphatic rings. The first-order valence-corrected chi connectivity index (χ1v) is 16.5. The van der Waals surface area contributed by atoms with Crippen LogP contribution in [0, 0.1) is 23.2 Å². The lowest BCUT2D eigenvalue weighted by atomic mass is 9.52. The molecule has 6 atom stereocenters. The highest BCUT2D eigenvalue weighted by molar-refractivity contribution is 7.99. The van der Waals surface area contributed by atoms with Gasteiger partial charge in [0.05, 0.1) is 0 Å². The molecule has 1 aromatic carbocycles. The highest BCUT2D eigenvalue weighted by Gasteiger charge is 2.56. The molecule has 0 aromatic heterocycles. The van der Waals surface area contributed by atoms with E-state index in [1.807, 2.05) is 7.05 Å². The molecule has 2 unspecified atom stereocenters. The summed E-state index contributed by atoms with van der Waals surface area (Å²) >= 11 is 1.42. The first kappa shape index (κ1) is 32.0. The predicted octanol–water partition coefficient (Wildman–Crippen LogP) is 9.70. The summed E-state index contributed by atoms with van der Waals surface area (Å²) in [7, 11) is 2.01. The molecular formula is C32H47F6NS. The van der Waals surface area contributed by atoms with E-state index in [9.17, 15) is 22.0 Å². The average molecular weight is 592 g/mol. The van der Waals surface area contributed by atoms with Gasteiger partial charge >= 0.3 is 12.1 Å². The van der Waals surface area contributed by atoms with E-state index in [0.29, 0.717) is 41.8 Å². The second kappa shape index (κ2) is 13.6. The average Bonchev–Trinajstić information content (AvgIpc) is 3.29. The van der Waals surface area contributed by atoms with E-state index in [1.165, 1.54) is 55.0 Å². The molecule has 40 heavy (non-hydrogen) atoms. The molecule has 2 saturated carbocycles. The molecule has 8 heteroatoms. The van der Waals surface area contributed by atoms with E-state index in [1.54, 1.807) is 0 Å². The Morgan fingerprint density at radius 3 is 2.50 bits per heavy atom. The smallest absolute Gasteiger partial charge is 0.306 e. The maximum Gasteiger partial charge on any atom is 0.453 e. The number of nitrogens with zero attached hydrogens (tertiary/aromatic N) is 1. The molecule has 0 spiro atoms. The molecule has 228 valence electrons. The molecule has 1 nitrogen and oxygen atoms in total. The number of rotatable bonds is 14. The van der Waals surface area contributed by atoms with Crippen molar-refractivity contribution in [3.8, 4) is 0 Å². The van der Waals surface area contributed by atoms with Gasteiger partial charge in [-0.25, -0.2) is 4.39 Å².